The molecule has 0 bridgehead atoms. The van der Waals surface area contributed by atoms with Crippen LogP contribution in [0.1, 0.15) is 27.7 Å². The summed E-state index contributed by atoms with van der Waals surface area (Å²) in [7, 11) is 0. The van der Waals surface area contributed by atoms with E-state index in [1.165, 1.54) is 0 Å². The summed E-state index contributed by atoms with van der Waals surface area (Å²) in [5, 5.41) is 11.1. The van der Waals surface area contributed by atoms with E-state index in [4.69, 9.17) is 23.7 Å². The second-order valence-corrected chi connectivity index (χ2v) is 7.08. The maximum atomic E-state index is 11.8. The molecule has 1 N–H and O–H groups in total. The fourth-order valence-corrected chi connectivity index (χ4v) is 3.33. The van der Waals surface area contributed by atoms with Gasteiger partial charge < -0.3 is 28.8 Å². The molecule has 0 saturated carbocycles. The molecule has 1 aliphatic carbocycles. The third kappa shape index (κ3) is 6.22. The Hall–Kier alpha value is -3.05. The number of hydrogen-bond acceptors (Lipinski definition) is 11. The van der Waals surface area contributed by atoms with Crippen LogP contribution in [0, 0.1) is 0 Å². The van der Waals surface area contributed by atoms with E-state index < -0.39 is 72.4 Å². The van der Waals surface area contributed by atoms with Crippen molar-refractivity contribution >= 4 is 29.7 Å². The van der Waals surface area contributed by atoms with Gasteiger partial charge in [-0.25, -0.2) is 0 Å². The van der Waals surface area contributed by atoms with Gasteiger partial charge >= 0.3 is 23.9 Å². The van der Waals surface area contributed by atoms with E-state index in [1.807, 2.05) is 0 Å². The highest BCUT2D eigenvalue weighted by Crippen LogP contribution is 2.36. The van der Waals surface area contributed by atoms with Gasteiger partial charge in [-0.15, -0.1) is 0 Å². The molecule has 1 heterocycles. The Morgan fingerprint density at radius 1 is 0.871 bits per heavy atom. The van der Waals surface area contributed by atoms with Gasteiger partial charge in [-0.1, -0.05) is 0 Å². The Morgan fingerprint density at radius 2 is 1.35 bits per heavy atom. The zero-order valence-electron chi connectivity index (χ0n) is 17.4. The van der Waals surface area contributed by atoms with Crippen molar-refractivity contribution in [1.29, 1.82) is 0 Å². The fourth-order valence-electron chi connectivity index (χ4n) is 3.33. The summed E-state index contributed by atoms with van der Waals surface area (Å²) >= 11 is 0. The summed E-state index contributed by atoms with van der Waals surface area (Å²) in [6, 6.07) is 0. The predicted octanol–water partition coefficient (Wildman–Crippen LogP) is -0.462. The van der Waals surface area contributed by atoms with Crippen LogP contribution in [-0.4, -0.2) is 77.5 Å². The average molecular weight is 440 g/mol. The smallest absolute Gasteiger partial charge is 0.303 e. The lowest BCUT2D eigenvalue weighted by Crippen LogP contribution is -2.67. The van der Waals surface area contributed by atoms with Crippen molar-refractivity contribution in [1.82, 2.24) is 0 Å². The molecule has 170 valence electrons. The molecule has 1 aliphatic heterocycles. The van der Waals surface area contributed by atoms with E-state index in [-0.39, 0.29) is 0 Å². The molecule has 0 radical (unpaired) electrons. The van der Waals surface area contributed by atoms with Gasteiger partial charge in [0.1, 0.15) is 24.4 Å². The van der Waals surface area contributed by atoms with Crippen LogP contribution in [0.4, 0.5) is 0 Å². The van der Waals surface area contributed by atoms with Gasteiger partial charge in [0.2, 0.25) is 0 Å². The van der Waals surface area contributed by atoms with Gasteiger partial charge in [0.25, 0.3) is 0 Å². The summed E-state index contributed by atoms with van der Waals surface area (Å²) in [6.45, 7) is 4.02. The molecular formula is C20H24O11. The van der Waals surface area contributed by atoms with Crippen molar-refractivity contribution in [3.8, 4) is 0 Å². The summed E-state index contributed by atoms with van der Waals surface area (Å²) in [6.07, 6.45) is -2.33. The number of ketones is 1. The van der Waals surface area contributed by atoms with Crippen molar-refractivity contribution in [3.05, 3.63) is 24.3 Å². The predicted molar refractivity (Wildman–Crippen MR) is 100 cm³/mol. The average Bonchev–Trinajstić information content (AvgIpc) is 2.64. The lowest BCUT2D eigenvalue weighted by atomic mass is 9.82. The SMILES string of the molecule is CC(=O)OCC1O[C@@H](C2(O)C=CC(=O)C=C2)C(OC(C)=O)C(OC(C)=O)[C@@H]1OC(C)=O. The van der Waals surface area contributed by atoms with E-state index >= 15 is 0 Å². The van der Waals surface area contributed by atoms with Crippen LogP contribution in [0.15, 0.2) is 24.3 Å². The van der Waals surface area contributed by atoms with E-state index in [0.29, 0.717) is 0 Å². The molecule has 31 heavy (non-hydrogen) atoms. The van der Waals surface area contributed by atoms with Crippen LogP contribution in [0.3, 0.4) is 0 Å². The van der Waals surface area contributed by atoms with Gasteiger partial charge in [-0.3, -0.25) is 24.0 Å². The van der Waals surface area contributed by atoms with Gasteiger partial charge in [0, 0.05) is 27.7 Å². The first-order chi connectivity index (χ1) is 14.4. The van der Waals surface area contributed by atoms with Crippen molar-refractivity contribution in [2.75, 3.05) is 6.61 Å². The Kier molecular flexibility index (Phi) is 7.69. The van der Waals surface area contributed by atoms with Gasteiger partial charge in [0.05, 0.1) is 0 Å². The minimum Gasteiger partial charge on any atom is -0.463 e. The zero-order chi connectivity index (χ0) is 23.3. The molecule has 11 heteroatoms. The van der Waals surface area contributed by atoms with Crippen LogP contribution < -0.4 is 0 Å². The number of aliphatic hydroxyl groups is 1. The highest BCUT2D eigenvalue weighted by molar-refractivity contribution is 6.00. The molecule has 1 saturated heterocycles. The minimum absolute atomic E-state index is 0.393. The second kappa shape index (κ2) is 9.84. The number of hydrogen-bond donors (Lipinski definition) is 1. The molecule has 0 spiro atoms. The van der Waals surface area contributed by atoms with Crippen LogP contribution in [-0.2, 0) is 47.7 Å². The summed E-state index contributed by atoms with van der Waals surface area (Å²) < 4.78 is 26.7. The van der Waals surface area contributed by atoms with Crippen molar-refractivity contribution in [2.45, 2.75) is 63.8 Å². The molecule has 5 atom stereocenters. The highest BCUT2D eigenvalue weighted by atomic mass is 16.7. The van der Waals surface area contributed by atoms with E-state index in [9.17, 15) is 29.1 Å². The van der Waals surface area contributed by atoms with Crippen LogP contribution in [0.25, 0.3) is 0 Å². The summed E-state index contributed by atoms with van der Waals surface area (Å²) in [4.78, 5) is 58.1. The molecule has 0 aromatic rings. The molecule has 11 nitrogen and oxygen atoms in total. The standard InChI is InChI=1S/C20H24O11/c1-10(21)27-9-15-16(28-11(2)22)17(29-12(3)23)18(30-13(4)24)19(31-15)20(26)7-5-14(25)6-8-20/h5-8,15-19,26H,9H2,1-4H3/t15?,16-,17?,18?,19-/m1/s1. The molecule has 0 aromatic heterocycles. The molecule has 3 unspecified atom stereocenters. The number of esters is 4. The number of rotatable bonds is 6. The minimum atomic E-state index is -1.96. The van der Waals surface area contributed by atoms with Gasteiger partial charge in [-0.2, -0.15) is 0 Å². The fraction of sp³-hybridized carbons (Fsp3) is 0.550. The quantitative estimate of drug-likeness (QED) is 0.422. The van der Waals surface area contributed by atoms with Crippen molar-refractivity contribution in [3.63, 3.8) is 0 Å². The Labute approximate surface area is 177 Å². The van der Waals surface area contributed by atoms with Crippen LogP contribution in [0.2, 0.25) is 0 Å². The maximum Gasteiger partial charge on any atom is 0.303 e. The monoisotopic (exact) mass is 440 g/mol. The van der Waals surface area contributed by atoms with Gasteiger partial charge in [-0.05, 0) is 24.3 Å². The van der Waals surface area contributed by atoms with E-state index in [2.05, 4.69) is 0 Å². The third-order valence-electron chi connectivity index (χ3n) is 4.48. The van der Waals surface area contributed by atoms with E-state index in [0.717, 1.165) is 52.0 Å². The molecule has 2 aliphatic rings. The number of carbonyl (C=O) groups is 5. The lowest BCUT2D eigenvalue weighted by Gasteiger charge is -2.48. The maximum absolute atomic E-state index is 11.8. The number of ether oxygens (including phenoxy) is 5. The topological polar surface area (TPSA) is 152 Å². The largest absolute Gasteiger partial charge is 0.463 e. The zero-order valence-corrected chi connectivity index (χ0v) is 17.4. The lowest BCUT2D eigenvalue weighted by molar-refractivity contribution is -0.270. The first-order valence-electron chi connectivity index (χ1n) is 9.38. The number of carbonyl (C=O) groups excluding carboxylic acids is 5. The molecule has 1 fully saturated rings. The molecule has 2 rings (SSSR count). The third-order valence-corrected chi connectivity index (χ3v) is 4.48. The summed E-state index contributed by atoms with van der Waals surface area (Å²) in [5.41, 5.74) is -1.96. The molecule has 0 amide bonds. The molecule has 0 aromatic carbocycles. The Bertz CT molecular complexity index is 796. The highest BCUT2D eigenvalue weighted by Gasteiger charge is 2.57. The number of allylic oxidation sites excluding steroid dienone is 2. The second-order valence-electron chi connectivity index (χ2n) is 7.08. The van der Waals surface area contributed by atoms with Crippen molar-refractivity contribution < 1.29 is 52.8 Å². The van der Waals surface area contributed by atoms with Crippen LogP contribution in [0.5, 0.6) is 0 Å². The van der Waals surface area contributed by atoms with Gasteiger partial charge in [0.15, 0.2) is 24.1 Å². The normalized spacial score (nSPS) is 29.1. The molecular weight excluding hydrogens is 416 g/mol. The first-order valence-corrected chi connectivity index (χ1v) is 9.38. The summed E-state index contributed by atoms with van der Waals surface area (Å²) in [5.74, 6) is -3.40. The van der Waals surface area contributed by atoms with Crippen LogP contribution >= 0.6 is 0 Å². The first kappa shape index (κ1) is 24.2. The van der Waals surface area contributed by atoms with Crippen molar-refractivity contribution in [2.24, 2.45) is 0 Å². The Balaban J connectivity index is 2.54. The Morgan fingerprint density at radius 3 is 1.84 bits per heavy atom. The van der Waals surface area contributed by atoms with E-state index in [1.54, 1.807) is 0 Å².